The monoisotopic (exact) mass is 189 g/mol. The highest BCUT2D eigenvalue weighted by atomic mass is 16.5. The van der Waals surface area contributed by atoms with E-state index in [-0.39, 0.29) is 0 Å². The van der Waals surface area contributed by atoms with Gasteiger partial charge in [0.05, 0.1) is 13.2 Å². The predicted octanol–water partition coefficient (Wildman–Crippen LogP) is 2.82. The maximum Gasteiger partial charge on any atom is 0.122 e. The molecule has 0 aromatic heterocycles. The molecule has 0 atom stereocenters. The van der Waals surface area contributed by atoms with E-state index >= 15 is 0 Å². The van der Waals surface area contributed by atoms with Crippen LogP contribution >= 0.6 is 0 Å². The van der Waals surface area contributed by atoms with Gasteiger partial charge in [-0.25, -0.2) is 0 Å². The Morgan fingerprint density at radius 2 is 2.43 bits per heavy atom. The zero-order chi connectivity index (χ0) is 9.80. The van der Waals surface area contributed by atoms with E-state index in [1.165, 1.54) is 5.56 Å². The van der Waals surface area contributed by atoms with E-state index in [1.54, 1.807) is 0 Å². The normalized spacial score (nSPS) is 13.7. The fraction of sp³-hybridized carbons (Fsp3) is 0.400. The number of ether oxygens (including phenoxy) is 1. The van der Waals surface area contributed by atoms with Gasteiger partial charge in [0.1, 0.15) is 5.75 Å². The minimum absolute atomic E-state index is 0.420. The third-order valence-electron chi connectivity index (χ3n) is 2.36. The first-order valence-corrected chi connectivity index (χ1v) is 4.66. The molecule has 1 aliphatic heterocycles. The first-order valence-electron chi connectivity index (χ1n) is 4.66. The maximum atomic E-state index is 8.26. The summed E-state index contributed by atoms with van der Waals surface area (Å²) in [5.41, 5.74) is 10.5. The van der Waals surface area contributed by atoms with Crippen molar-refractivity contribution in [1.82, 2.24) is 0 Å². The van der Waals surface area contributed by atoms with E-state index in [2.05, 4.69) is 10.0 Å². The molecule has 4 nitrogen and oxygen atoms in total. The van der Waals surface area contributed by atoms with E-state index in [0.29, 0.717) is 6.54 Å². The number of fused-ring (bicyclic) bond motifs is 1. The van der Waals surface area contributed by atoms with Gasteiger partial charge in [-0.15, -0.1) is 0 Å². The molecule has 0 fully saturated rings. The van der Waals surface area contributed by atoms with Crippen molar-refractivity contribution in [2.45, 2.75) is 19.4 Å². The third kappa shape index (κ3) is 1.65. The average molecular weight is 189 g/mol. The first-order chi connectivity index (χ1) is 6.92. The summed E-state index contributed by atoms with van der Waals surface area (Å²) in [6.07, 6.45) is 2.06. The summed E-state index contributed by atoms with van der Waals surface area (Å²) in [4.78, 5) is 2.76. The third-order valence-corrected chi connectivity index (χ3v) is 2.36. The molecule has 0 bridgehead atoms. The molecule has 0 aliphatic carbocycles. The van der Waals surface area contributed by atoms with Crippen LogP contribution in [0.5, 0.6) is 5.75 Å². The van der Waals surface area contributed by atoms with Crippen LogP contribution in [0, 0.1) is 0 Å². The maximum absolute atomic E-state index is 8.26. The molecule has 0 spiro atoms. The highest BCUT2D eigenvalue weighted by molar-refractivity contribution is 5.41. The predicted molar refractivity (Wildman–Crippen MR) is 53.1 cm³/mol. The SMILES string of the molecule is [N-]=[N+]=NCc1cccc2c1CCCO2. The molecule has 0 radical (unpaired) electrons. The molecule has 4 heteroatoms. The van der Waals surface area contributed by atoms with Crippen LogP contribution in [0.1, 0.15) is 17.5 Å². The topological polar surface area (TPSA) is 58.0 Å². The molecule has 1 aliphatic rings. The molecule has 0 saturated heterocycles. The van der Waals surface area contributed by atoms with Gasteiger partial charge in [-0.3, -0.25) is 0 Å². The van der Waals surface area contributed by atoms with Crippen molar-refractivity contribution in [3.63, 3.8) is 0 Å². The summed E-state index contributed by atoms with van der Waals surface area (Å²) in [5.74, 6) is 0.946. The van der Waals surface area contributed by atoms with Crippen molar-refractivity contribution < 1.29 is 4.74 Å². The van der Waals surface area contributed by atoms with Crippen molar-refractivity contribution in [2.75, 3.05) is 6.61 Å². The molecule has 72 valence electrons. The summed E-state index contributed by atoms with van der Waals surface area (Å²) >= 11 is 0. The lowest BCUT2D eigenvalue weighted by atomic mass is 10.0. The van der Waals surface area contributed by atoms with Gasteiger partial charge in [0.15, 0.2) is 0 Å². The lowest BCUT2D eigenvalue weighted by Gasteiger charge is -2.19. The fourth-order valence-electron chi connectivity index (χ4n) is 1.72. The summed E-state index contributed by atoms with van der Waals surface area (Å²) < 4.78 is 5.51. The molecule has 0 unspecified atom stereocenters. The van der Waals surface area contributed by atoms with Gasteiger partial charge in [0.2, 0.25) is 0 Å². The summed E-state index contributed by atoms with van der Waals surface area (Å²) in [6, 6.07) is 5.89. The van der Waals surface area contributed by atoms with E-state index in [4.69, 9.17) is 10.3 Å². The van der Waals surface area contributed by atoms with Crippen LogP contribution in [0.3, 0.4) is 0 Å². The zero-order valence-corrected chi connectivity index (χ0v) is 7.81. The number of rotatable bonds is 2. The molecule has 0 N–H and O–H groups in total. The Hall–Kier alpha value is -1.67. The average Bonchev–Trinajstić information content (AvgIpc) is 2.26. The fourth-order valence-corrected chi connectivity index (χ4v) is 1.72. The number of hydrogen-bond donors (Lipinski definition) is 0. The Balaban J connectivity index is 2.34. The second kappa shape index (κ2) is 4.03. The van der Waals surface area contributed by atoms with Crippen LogP contribution in [0.2, 0.25) is 0 Å². The summed E-state index contributed by atoms with van der Waals surface area (Å²) in [6.45, 7) is 1.21. The van der Waals surface area contributed by atoms with Gasteiger partial charge in [-0.2, -0.15) is 0 Å². The van der Waals surface area contributed by atoms with Crippen molar-refractivity contribution in [3.8, 4) is 5.75 Å². The Labute approximate surface area is 82.1 Å². The molecule has 2 rings (SSSR count). The van der Waals surface area contributed by atoms with E-state index < -0.39 is 0 Å². The Morgan fingerprint density at radius 3 is 3.29 bits per heavy atom. The van der Waals surface area contributed by atoms with Gasteiger partial charge in [0, 0.05) is 4.91 Å². The van der Waals surface area contributed by atoms with Crippen molar-refractivity contribution in [1.29, 1.82) is 0 Å². The lowest BCUT2D eigenvalue weighted by molar-refractivity contribution is 0.287. The van der Waals surface area contributed by atoms with Crippen LogP contribution in [-0.4, -0.2) is 6.61 Å². The first kappa shape index (κ1) is 8.91. The highest BCUT2D eigenvalue weighted by Crippen LogP contribution is 2.28. The van der Waals surface area contributed by atoms with Gasteiger partial charge in [0.25, 0.3) is 0 Å². The molecular weight excluding hydrogens is 178 g/mol. The molecule has 1 aromatic carbocycles. The van der Waals surface area contributed by atoms with E-state index in [0.717, 1.165) is 30.8 Å². The molecule has 0 amide bonds. The van der Waals surface area contributed by atoms with Crippen LogP contribution in [0.25, 0.3) is 10.4 Å². The second-order valence-corrected chi connectivity index (χ2v) is 3.23. The largest absolute Gasteiger partial charge is 0.493 e. The van der Waals surface area contributed by atoms with E-state index in [9.17, 15) is 0 Å². The standard InChI is InChI=1S/C10H11N3O/c11-13-12-7-8-3-1-5-10-9(8)4-2-6-14-10/h1,3,5H,2,4,6-7H2. The number of hydrogen-bond acceptors (Lipinski definition) is 2. The van der Waals surface area contributed by atoms with Crippen LogP contribution in [-0.2, 0) is 13.0 Å². The van der Waals surface area contributed by atoms with Crippen LogP contribution in [0.4, 0.5) is 0 Å². The molecule has 1 aromatic rings. The Morgan fingerprint density at radius 1 is 1.50 bits per heavy atom. The summed E-state index contributed by atoms with van der Waals surface area (Å²) in [7, 11) is 0. The van der Waals surface area contributed by atoms with Crippen molar-refractivity contribution in [3.05, 3.63) is 39.8 Å². The summed E-state index contributed by atoms with van der Waals surface area (Å²) in [5, 5.41) is 3.58. The molecule has 0 saturated carbocycles. The smallest absolute Gasteiger partial charge is 0.122 e. The van der Waals surface area contributed by atoms with E-state index in [1.807, 2.05) is 18.2 Å². The van der Waals surface area contributed by atoms with Crippen molar-refractivity contribution in [2.24, 2.45) is 5.11 Å². The zero-order valence-electron chi connectivity index (χ0n) is 7.81. The Kier molecular flexibility index (Phi) is 2.56. The van der Waals surface area contributed by atoms with Crippen molar-refractivity contribution >= 4 is 0 Å². The lowest BCUT2D eigenvalue weighted by Crippen LogP contribution is -2.10. The number of nitrogens with zero attached hydrogens (tertiary/aromatic N) is 3. The molecule has 1 heterocycles. The van der Waals surface area contributed by atoms with Gasteiger partial charge < -0.3 is 4.74 Å². The Bertz CT molecular complexity index is 383. The number of benzene rings is 1. The molecule has 14 heavy (non-hydrogen) atoms. The van der Waals surface area contributed by atoms with Crippen LogP contribution < -0.4 is 4.74 Å². The van der Waals surface area contributed by atoms with Gasteiger partial charge in [-0.05, 0) is 35.6 Å². The van der Waals surface area contributed by atoms with Gasteiger partial charge >= 0.3 is 0 Å². The highest BCUT2D eigenvalue weighted by Gasteiger charge is 2.12. The molecular formula is C10H11N3O. The quantitative estimate of drug-likeness (QED) is 0.401. The van der Waals surface area contributed by atoms with Crippen LogP contribution in [0.15, 0.2) is 23.3 Å². The van der Waals surface area contributed by atoms with Gasteiger partial charge in [-0.1, -0.05) is 17.2 Å². The minimum atomic E-state index is 0.420. The second-order valence-electron chi connectivity index (χ2n) is 3.23. The number of azide groups is 1. The minimum Gasteiger partial charge on any atom is -0.493 e.